The van der Waals surface area contributed by atoms with Crippen LogP contribution >= 0.6 is 0 Å². The van der Waals surface area contributed by atoms with Crippen molar-refractivity contribution in [3.8, 4) is 0 Å². The lowest BCUT2D eigenvalue weighted by atomic mass is 10.2. The molecular formula is C17H16F3NO2S. The molecule has 24 heavy (non-hydrogen) atoms. The van der Waals surface area contributed by atoms with E-state index < -0.39 is 21.8 Å². The number of alkyl halides is 3. The molecule has 0 saturated carbocycles. The van der Waals surface area contributed by atoms with Crippen molar-refractivity contribution in [1.29, 1.82) is 0 Å². The summed E-state index contributed by atoms with van der Waals surface area (Å²) < 4.78 is 65.2. The largest absolute Gasteiger partial charge is 0.416 e. The quantitative estimate of drug-likeness (QED) is 0.746. The maximum Gasteiger partial charge on any atom is 0.416 e. The number of hydrogen-bond acceptors (Lipinski definition) is 2. The van der Waals surface area contributed by atoms with Crippen molar-refractivity contribution < 1.29 is 21.6 Å². The minimum atomic E-state index is -4.55. The van der Waals surface area contributed by atoms with E-state index in [0.717, 1.165) is 22.0 Å². The molecule has 0 radical (unpaired) electrons. The standard InChI is InChI=1S/C17H16F3NO2S/c1-3-11-21(15-6-4-5-14(12-15)17(18,19)20)24(22,23)16-9-7-13(2)8-10-16/h3-10,12H,1,11H2,2H3. The second-order valence-electron chi connectivity index (χ2n) is 5.19. The fourth-order valence-electron chi connectivity index (χ4n) is 2.13. The Hall–Kier alpha value is -2.28. The molecule has 2 rings (SSSR count). The summed E-state index contributed by atoms with van der Waals surface area (Å²) in [6.45, 7) is 5.16. The summed E-state index contributed by atoms with van der Waals surface area (Å²) in [4.78, 5) is 0.00682. The van der Waals surface area contributed by atoms with Crippen LogP contribution in [-0.2, 0) is 16.2 Å². The normalized spacial score (nSPS) is 12.0. The number of sulfonamides is 1. The molecule has 0 spiro atoms. The van der Waals surface area contributed by atoms with Crippen LogP contribution in [0.3, 0.4) is 0 Å². The van der Waals surface area contributed by atoms with Crippen molar-refractivity contribution in [3.05, 3.63) is 72.3 Å². The van der Waals surface area contributed by atoms with Crippen molar-refractivity contribution in [1.82, 2.24) is 0 Å². The van der Waals surface area contributed by atoms with E-state index in [9.17, 15) is 21.6 Å². The Labute approximate surface area is 139 Å². The Balaban J connectivity index is 2.53. The average Bonchev–Trinajstić information content (AvgIpc) is 2.52. The molecule has 7 heteroatoms. The van der Waals surface area contributed by atoms with Crippen LogP contribution in [0.15, 0.2) is 66.1 Å². The number of hydrogen-bond donors (Lipinski definition) is 0. The van der Waals surface area contributed by atoms with Crippen LogP contribution in [0.2, 0.25) is 0 Å². The van der Waals surface area contributed by atoms with E-state index >= 15 is 0 Å². The molecule has 0 aliphatic heterocycles. The summed E-state index contributed by atoms with van der Waals surface area (Å²) in [5.74, 6) is 0. The van der Waals surface area contributed by atoms with Gasteiger partial charge in [0.2, 0.25) is 0 Å². The minimum absolute atomic E-state index is 0.00682. The van der Waals surface area contributed by atoms with Crippen LogP contribution in [0.4, 0.5) is 18.9 Å². The monoisotopic (exact) mass is 355 g/mol. The maximum atomic E-state index is 12.9. The number of halogens is 3. The molecule has 0 saturated heterocycles. The van der Waals surface area contributed by atoms with Crippen LogP contribution in [0.5, 0.6) is 0 Å². The first-order valence-corrected chi connectivity index (χ1v) is 8.48. The summed E-state index contributed by atoms with van der Waals surface area (Å²) in [5.41, 5.74) is -0.0956. The van der Waals surface area contributed by atoms with Gasteiger partial charge in [-0.2, -0.15) is 13.2 Å². The van der Waals surface area contributed by atoms with Crippen LogP contribution in [0, 0.1) is 6.92 Å². The molecule has 128 valence electrons. The molecule has 0 atom stereocenters. The van der Waals surface area contributed by atoms with Crippen LogP contribution in [0.1, 0.15) is 11.1 Å². The van der Waals surface area contributed by atoms with E-state index in [1.54, 1.807) is 12.1 Å². The molecule has 0 unspecified atom stereocenters. The van der Waals surface area contributed by atoms with Crippen molar-refractivity contribution in [2.75, 3.05) is 10.8 Å². The Kier molecular flexibility index (Phi) is 5.03. The lowest BCUT2D eigenvalue weighted by Gasteiger charge is -2.24. The fraction of sp³-hybridized carbons (Fsp3) is 0.176. The van der Waals surface area contributed by atoms with Crippen molar-refractivity contribution in [2.45, 2.75) is 18.0 Å². The molecule has 2 aromatic carbocycles. The molecular weight excluding hydrogens is 339 g/mol. The van der Waals surface area contributed by atoms with E-state index in [0.29, 0.717) is 0 Å². The van der Waals surface area contributed by atoms with Crippen LogP contribution < -0.4 is 4.31 Å². The van der Waals surface area contributed by atoms with Gasteiger partial charge in [0.05, 0.1) is 22.7 Å². The third kappa shape index (κ3) is 3.79. The topological polar surface area (TPSA) is 37.4 Å². The maximum absolute atomic E-state index is 12.9. The Morgan fingerprint density at radius 1 is 1.12 bits per heavy atom. The summed E-state index contributed by atoms with van der Waals surface area (Å²) in [6.07, 6.45) is -3.23. The highest BCUT2D eigenvalue weighted by atomic mass is 32.2. The predicted molar refractivity (Wildman–Crippen MR) is 87.4 cm³/mol. The Morgan fingerprint density at radius 3 is 2.29 bits per heavy atom. The Bertz CT molecular complexity index is 828. The lowest BCUT2D eigenvalue weighted by Crippen LogP contribution is -2.31. The van der Waals surface area contributed by atoms with Gasteiger partial charge in [0, 0.05) is 0 Å². The Morgan fingerprint density at radius 2 is 1.75 bits per heavy atom. The molecule has 0 N–H and O–H groups in total. The van der Waals surface area contributed by atoms with E-state index in [2.05, 4.69) is 6.58 Å². The van der Waals surface area contributed by atoms with Gasteiger partial charge >= 0.3 is 6.18 Å². The smallest absolute Gasteiger partial charge is 0.263 e. The van der Waals surface area contributed by atoms with Crippen molar-refractivity contribution >= 4 is 15.7 Å². The summed E-state index contributed by atoms with van der Waals surface area (Å²) in [7, 11) is -4.00. The zero-order valence-corrected chi connectivity index (χ0v) is 13.7. The molecule has 0 bridgehead atoms. The van der Waals surface area contributed by atoms with Gasteiger partial charge in [0.1, 0.15) is 0 Å². The van der Waals surface area contributed by atoms with Gasteiger partial charge in [-0.3, -0.25) is 4.31 Å². The van der Waals surface area contributed by atoms with E-state index in [1.165, 1.54) is 30.3 Å². The van der Waals surface area contributed by atoms with Gasteiger partial charge in [0.15, 0.2) is 0 Å². The van der Waals surface area contributed by atoms with Gasteiger partial charge < -0.3 is 0 Å². The highest BCUT2D eigenvalue weighted by Gasteiger charge is 2.32. The van der Waals surface area contributed by atoms with Gasteiger partial charge in [-0.15, -0.1) is 6.58 Å². The molecule has 3 nitrogen and oxygen atoms in total. The summed E-state index contributed by atoms with van der Waals surface area (Å²) >= 11 is 0. The second kappa shape index (κ2) is 6.68. The number of rotatable bonds is 5. The summed E-state index contributed by atoms with van der Waals surface area (Å²) in [6, 6.07) is 10.3. The van der Waals surface area contributed by atoms with Crippen molar-refractivity contribution in [2.24, 2.45) is 0 Å². The first kappa shape index (κ1) is 18.1. The highest BCUT2D eigenvalue weighted by Crippen LogP contribution is 2.33. The number of anilines is 1. The van der Waals surface area contributed by atoms with Gasteiger partial charge in [-0.25, -0.2) is 8.42 Å². The first-order valence-electron chi connectivity index (χ1n) is 7.04. The fourth-order valence-corrected chi connectivity index (χ4v) is 3.56. The van der Waals surface area contributed by atoms with Crippen molar-refractivity contribution in [3.63, 3.8) is 0 Å². The molecule has 0 heterocycles. The zero-order valence-electron chi connectivity index (χ0n) is 12.9. The van der Waals surface area contributed by atoms with Gasteiger partial charge in [-0.05, 0) is 37.3 Å². The zero-order chi connectivity index (χ0) is 18.0. The average molecular weight is 355 g/mol. The van der Waals surface area contributed by atoms with Crippen LogP contribution in [0.25, 0.3) is 0 Å². The van der Waals surface area contributed by atoms with Gasteiger partial charge in [0.25, 0.3) is 10.0 Å². The minimum Gasteiger partial charge on any atom is -0.263 e. The van der Waals surface area contributed by atoms with E-state index in [1.807, 2.05) is 6.92 Å². The number of benzene rings is 2. The van der Waals surface area contributed by atoms with Crippen LogP contribution in [-0.4, -0.2) is 15.0 Å². The number of nitrogens with zero attached hydrogens (tertiary/aromatic N) is 1. The number of aryl methyl sites for hydroxylation is 1. The SMILES string of the molecule is C=CCN(c1cccc(C(F)(F)F)c1)S(=O)(=O)c1ccc(C)cc1. The molecule has 0 fully saturated rings. The molecule has 0 aromatic heterocycles. The third-order valence-electron chi connectivity index (χ3n) is 3.37. The molecule has 2 aromatic rings. The lowest BCUT2D eigenvalue weighted by molar-refractivity contribution is -0.137. The first-order chi connectivity index (χ1) is 11.2. The van der Waals surface area contributed by atoms with E-state index in [-0.39, 0.29) is 17.1 Å². The van der Waals surface area contributed by atoms with Gasteiger partial charge in [-0.1, -0.05) is 29.8 Å². The molecule has 0 aliphatic rings. The molecule has 0 amide bonds. The van der Waals surface area contributed by atoms with E-state index in [4.69, 9.17) is 0 Å². The highest BCUT2D eigenvalue weighted by molar-refractivity contribution is 7.92. The summed E-state index contributed by atoms with van der Waals surface area (Å²) in [5, 5.41) is 0. The third-order valence-corrected chi connectivity index (χ3v) is 5.17. The predicted octanol–water partition coefficient (Wildman–Crippen LogP) is 4.40. The second-order valence-corrected chi connectivity index (χ2v) is 7.05. The molecule has 0 aliphatic carbocycles.